The van der Waals surface area contributed by atoms with Crippen LogP contribution in [-0.2, 0) is 17.9 Å². The molecule has 1 aliphatic rings. The van der Waals surface area contributed by atoms with Crippen LogP contribution < -0.4 is 16.0 Å². The van der Waals surface area contributed by atoms with E-state index in [1.165, 1.54) is 0 Å². The van der Waals surface area contributed by atoms with Crippen molar-refractivity contribution in [2.45, 2.75) is 20.0 Å². The number of hydrogen-bond acceptors (Lipinski definition) is 4. The minimum Gasteiger partial charge on any atom is -0.459 e. The van der Waals surface area contributed by atoms with Crippen LogP contribution in [0.2, 0.25) is 0 Å². The summed E-state index contributed by atoms with van der Waals surface area (Å²) in [5.41, 5.74) is 3.59. The summed E-state index contributed by atoms with van der Waals surface area (Å²) in [7, 11) is 1.72. The first-order valence-electron chi connectivity index (χ1n) is 10.6. The van der Waals surface area contributed by atoms with Gasteiger partial charge in [0.25, 0.3) is 5.91 Å². The van der Waals surface area contributed by atoms with Crippen LogP contribution in [0.15, 0.2) is 57.9 Å². The lowest BCUT2D eigenvalue weighted by atomic mass is 10.1. The topological polar surface area (TPSA) is 99.0 Å². The van der Waals surface area contributed by atoms with E-state index in [1.807, 2.05) is 30.3 Å². The average molecular weight is 434 g/mol. The molecule has 0 atom stereocenters. The second-order valence-corrected chi connectivity index (χ2v) is 7.70. The first-order chi connectivity index (χ1) is 15.5. The number of aryl methyl sites for hydroxylation is 1. The van der Waals surface area contributed by atoms with Crippen LogP contribution in [0, 0.1) is 6.92 Å². The summed E-state index contributed by atoms with van der Waals surface area (Å²) in [4.78, 5) is 29.9. The second kappa shape index (κ2) is 9.55. The SMILES string of the molecule is CN=C(NCc1ccc(C(=O)N2CCNC(=O)C2)cc1)NCc1oc2ccccc2c1C. The number of carbonyl (C=O) groups is 2. The molecule has 1 aromatic heterocycles. The van der Waals surface area contributed by atoms with Crippen molar-refractivity contribution < 1.29 is 14.0 Å². The lowest BCUT2D eigenvalue weighted by Crippen LogP contribution is -2.49. The van der Waals surface area contributed by atoms with Gasteiger partial charge in [-0.2, -0.15) is 0 Å². The van der Waals surface area contributed by atoms with Crippen molar-refractivity contribution in [2.24, 2.45) is 4.99 Å². The molecule has 1 fully saturated rings. The third-order valence-corrected chi connectivity index (χ3v) is 5.57. The van der Waals surface area contributed by atoms with E-state index in [9.17, 15) is 9.59 Å². The number of carbonyl (C=O) groups excluding carboxylic acids is 2. The molecule has 0 bridgehead atoms. The number of nitrogens with one attached hydrogen (secondary N) is 3. The second-order valence-electron chi connectivity index (χ2n) is 7.70. The van der Waals surface area contributed by atoms with Gasteiger partial charge in [-0.1, -0.05) is 30.3 Å². The number of piperazine rings is 1. The van der Waals surface area contributed by atoms with Gasteiger partial charge in [0.15, 0.2) is 5.96 Å². The molecule has 3 aromatic rings. The van der Waals surface area contributed by atoms with Crippen molar-refractivity contribution in [2.75, 3.05) is 26.7 Å². The highest BCUT2D eigenvalue weighted by atomic mass is 16.3. The molecule has 1 aliphatic heterocycles. The molecule has 1 saturated heterocycles. The number of benzene rings is 2. The minimum absolute atomic E-state index is 0.106. The van der Waals surface area contributed by atoms with Crippen molar-refractivity contribution >= 4 is 28.7 Å². The van der Waals surface area contributed by atoms with Crippen molar-refractivity contribution in [3.63, 3.8) is 0 Å². The van der Waals surface area contributed by atoms with Crippen LogP contribution in [0.3, 0.4) is 0 Å². The third-order valence-electron chi connectivity index (χ3n) is 5.57. The summed E-state index contributed by atoms with van der Waals surface area (Å²) in [6.07, 6.45) is 0. The Balaban J connectivity index is 1.31. The Morgan fingerprint density at radius 3 is 2.59 bits per heavy atom. The number of hydrogen-bond donors (Lipinski definition) is 3. The van der Waals surface area contributed by atoms with Gasteiger partial charge in [0, 0.05) is 43.2 Å². The first-order valence-corrected chi connectivity index (χ1v) is 10.6. The highest BCUT2D eigenvalue weighted by molar-refractivity contribution is 5.97. The maximum atomic E-state index is 12.6. The zero-order chi connectivity index (χ0) is 22.5. The molecule has 2 amide bonds. The molecule has 2 aromatic carbocycles. The van der Waals surface area contributed by atoms with E-state index in [2.05, 4.69) is 33.9 Å². The van der Waals surface area contributed by atoms with Crippen LogP contribution >= 0.6 is 0 Å². The van der Waals surface area contributed by atoms with Gasteiger partial charge in [0.05, 0.1) is 13.1 Å². The average Bonchev–Trinajstić information content (AvgIpc) is 3.15. The largest absolute Gasteiger partial charge is 0.459 e. The Labute approximate surface area is 186 Å². The molecule has 8 nitrogen and oxygen atoms in total. The highest BCUT2D eigenvalue weighted by Gasteiger charge is 2.22. The summed E-state index contributed by atoms with van der Waals surface area (Å²) in [6, 6.07) is 15.4. The van der Waals surface area contributed by atoms with Gasteiger partial charge in [-0.25, -0.2) is 0 Å². The molecule has 0 spiro atoms. The molecule has 0 saturated carbocycles. The zero-order valence-electron chi connectivity index (χ0n) is 18.3. The molecule has 3 N–H and O–H groups in total. The molecule has 0 aliphatic carbocycles. The van der Waals surface area contributed by atoms with Gasteiger partial charge in [0.1, 0.15) is 11.3 Å². The van der Waals surface area contributed by atoms with E-state index in [-0.39, 0.29) is 18.4 Å². The van der Waals surface area contributed by atoms with Gasteiger partial charge in [-0.3, -0.25) is 14.6 Å². The van der Waals surface area contributed by atoms with Crippen molar-refractivity contribution in [3.05, 3.63) is 71.0 Å². The van der Waals surface area contributed by atoms with E-state index >= 15 is 0 Å². The normalized spacial score (nSPS) is 14.4. The molecule has 32 heavy (non-hydrogen) atoms. The first kappa shape index (κ1) is 21.4. The van der Waals surface area contributed by atoms with Gasteiger partial charge in [-0.15, -0.1) is 0 Å². The standard InChI is InChI=1S/C24H27N5O3/c1-16-19-5-3-4-6-20(19)32-21(16)14-28-24(25-2)27-13-17-7-9-18(10-8-17)23(31)29-12-11-26-22(30)15-29/h3-10H,11-15H2,1-2H3,(H,26,30)(H2,25,27,28). The Morgan fingerprint density at radius 1 is 1.12 bits per heavy atom. The van der Waals surface area contributed by atoms with Crippen molar-refractivity contribution in [1.29, 1.82) is 0 Å². The van der Waals surface area contributed by atoms with Crippen LogP contribution in [0.25, 0.3) is 11.0 Å². The fourth-order valence-electron chi connectivity index (χ4n) is 3.72. The Kier molecular flexibility index (Phi) is 6.39. The van der Waals surface area contributed by atoms with Crippen LogP contribution in [0.5, 0.6) is 0 Å². The predicted octanol–water partition coefficient (Wildman–Crippen LogP) is 2.18. The van der Waals surface area contributed by atoms with Gasteiger partial charge in [0.2, 0.25) is 5.91 Å². The summed E-state index contributed by atoms with van der Waals surface area (Å²) in [6.45, 7) is 4.26. The molecule has 4 rings (SSSR count). The molecular weight excluding hydrogens is 406 g/mol. The van der Waals surface area contributed by atoms with Gasteiger partial charge in [-0.05, 0) is 30.7 Å². The number of para-hydroxylation sites is 1. The number of furan rings is 1. The molecule has 0 radical (unpaired) electrons. The molecular formula is C24H27N5O3. The Morgan fingerprint density at radius 2 is 1.88 bits per heavy atom. The third kappa shape index (κ3) is 4.74. The number of fused-ring (bicyclic) bond motifs is 1. The molecule has 8 heteroatoms. The lowest BCUT2D eigenvalue weighted by molar-refractivity contribution is -0.123. The smallest absolute Gasteiger partial charge is 0.254 e. The van der Waals surface area contributed by atoms with Crippen molar-refractivity contribution in [3.8, 4) is 0 Å². The van der Waals surface area contributed by atoms with Crippen LogP contribution in [0.4, 0.5) is 0 Å². The monoisotopic (exact) mass is 433 g/mol. The van der Waals surface area contributed by atoms with E-state index in [0.717, 1.165) is 27.9 Å². The van der Waals surface area contributed by atoms with Crippen LogP contribution in [-0.4, -0.2) is 49.4 Å². The number of rotatable bonds is 5. The Hall–Kier alpha value is -3.81. The van der Waals surface area contributed by atoms with E-state index < -0.39 is 0 Å². The van der Waals surface area contributed by atoms with Crippen molar-refractivity contribution in [1.82, 2.24) is 20.9 Å². The molecule has 2 heterocycles. The summed E-state index contributed by atoms with van der Waals surface area (Å²) >= 11 is 0. The maximum absolute atomic E-state index is 12.6. The quantitative estimate of drug-likeness (QED) is 0.423. The molecule has 0 unspecified atom stereocenters. The van der Waals surface area contributed by atoms with E-state index in [4.69, 9.17) is 4.42 Å². The predicted molar refractivity (Wildman–Crippen MR) is 123 cm³/mol. The fraction of sp³-hybridized carbons (Fsp3) is 0.292. The number of nitrogens with zero attached hydrogens (tertiary/aromatic N) is 2. The summed E-state index contributed by atoms with van der Waals surface area (Å²) in [5, 5.41) is 10.4. The summed E-state index contributed by atoms with van der Waals surface area (Å²) < 4.78 is 5.94. The van der Waals surface area contributed by atoms with Gasteiger partial charge < -0.3 is 25.3 Å². The number of aliphatic imine (C=N–C) groups is 1. The molecule has 166 valence electrons. The highest BCUT2D eigenvalue weighted by Crippen LogP contribution is 2.24. The summed E-state index contributed by atoms with van der Waals surface area (Å²) in [5.74, 6) is 1.29. The number of amides is 2. The van der Waals surface area contributed by atoms with Crippen LogP contribution in [0.1, 0.15) is 27.2 Å². The van der Waals surface area contributed by atoms with E-state index in [1.54, 1.807) is 24.1 Å². The fourth-order valence-corrected chi connectivity index (χ4v) is 3.72. The zero-order valence-corrected chi connectivity index (χ0v) is 18.3. The van der Waals surface area contributed by atoms with E-state index in [0.29, 0.717) is 37.7 Å². The number of guanidine groups is 1. The Bertz CT molecular complexity index is 1150. The van der Waals surface area contributed by atoms with Gasteiger partial charge >= 0.3 is 0 Å². The lowest BCUT2D eigenvalue weighted by Gasteiger charge is -2.26. The maximum Gasteiger partial charge on any atom is 0.254 e. The minimum atomic E-state index is -0.127.